The van der Waals surface area contributed by atoms with Gasteiger partial charge in [-0.3, -0.25) is 0 Å². The maximum Gasteiger partial charge on any atom is 0.204 e. The first-order valence-corrected chi connectivity index (χ1v) is 9.29. The summed E-state index contributed by atoms with van der Waals surface area (Å²) in [6.45, 7) is 2.75. The van der Waals surface area contributed by atoms with Crippen molar-refractivity contribution in [1.82, 2.24) is 25.5 Å². The zero-order chi connectivity index (χ0) is 18.2. The van der Waals surface area contributed by atoms with Gasteiger partial charge in [-0.1, -0.05) is 29.8 Å². The minimum atomic E-state index is 0.585. The van der Waals surface area contributed by atoms with Crippen LogP contribution in [0.5, 0.6) is 5.75 Å². The fourth-order valence-electron chi connectivity index (χ4n) is 3.98. The number of benzene rings is 2. The molecule has 3 aromatic rings. The van der Waals surface area contributed by atoms with Crippen molar-refractivity contribution in [3.63, 3.8) is 0 Å². The van der Waals surface area contributed by atoms with Gasteiger partial charge in [-0.05, 0) is 60.0 Å². The van der Waals surface area contributed by atoms with Crippen molar-refractivity contribution in [2.45, 2.75) is 19.4 Å². The molecule has 6 nitrogen and oxygen atoms in total. The van der Waals surface area contributed by atoms with Crippen LogP contribution in [0.1, 0.15) is 29.5 Å². The number of rotatable bonds is 1. The number of ether oxygens (including phenoxy) is 1. The van der Waals surface area contributed by atoms with Crippen LogP contribution >= 0.6 is 0 Å². The molecule has 2 aromatic carbocycles. The van der Waals surface area contributed by atoms with Crippen molar-refractivity contribution in [3.8, 4) is 17.1 Å². The molecule has 1 aromatic heterocycles. The summed E-state index contributed by atoms with van der Waals surface area (Å²) >= 11 is 0. The van der Waals surface area contributed by atoms with Gasteiger partial charge in [0.25, 0.3) is 0 Å². The minimum Gasteiger partial charge on any atom is -0.488 e. The molecule has 0 aliphatic carbocycles. The first kappa shape index (κ1) is 16.2. The van der Waals surface area contributed by atoms with Crippen molar-refractivity contribution in [2.24, 2.45) is 0 Å². The van der Waals surface area contributed by atoms with Crippen LogP contribution in [0, 0.1) is 0 Å². The van der Waals surface area contributed by atoms with E-state index >= 15 is 0 Å². The lowest BCUT2D eigenvalue weighted by atomic mass is 9.86. The number of hydrogen-bond acceptors (Lipinski definition) is 5. The Kier molecular flexibility index (Phi) is 3.98. The Morgan fingerprint density at radius 3 is 2.70 bits per heavy atom. The standard InChI is InChI=1S/C21H21N5O/c1-26-10-8-14(9-11-26)20-17-5-3-2-4-16(17)13-27-19-7-6-15(12-18(19)20)21-22-24-25-23-21/h2-7,12H,8-11,13H2,1H3,(H,22,23,24,25). The van der Waals surface area contributed by atoms with E-state index in [0.29, 0.717) is 12.4 Å². The van der Waals surface area contributed by atoms with E-state index in [4.69, 9.17) is 4.74 Å². The van der Waals surface area contributed by atoms with Gasteiger partial charge in [0.05, 0.1) is 0 Å². The predicted molar refractivity (Wildman–Crippen MR) is 103 cm³/mol. The van der Waals surface area contributed by atoms with Gasteiger partial charge < -0.3 is 9.64 Å². The fraction of sp³-hybridized carbons (Fsp3) is 0.286. The first-order valence-electron chi connectivity index (χ1n) is 9.29. The fourth-order valence-corrected chi connectivity index (χ4v) is 3.98. The molecule has 0 radical (unpaired) electrons. The Bertz CT molecular complexity index is 999. The van der Waals surface area contributed by atoms with Crippen molar-refractivity contribution in [1.29, 1.82) is 0 Å². The molecule has 2 aliphatic rings. The van der Waals surface area contributed by atoms with Crippen molar-refractivity contribution in [3.05, 3.63) is 64.7 Å². The average Bonchev–Trinajstić information content (AvgIpc) is 3.19. The molecule has 136 valence electrons. The highest BCUT2D eigenvalue weighted by molar-refractivity contribution is 5.88. The predicted octanol–water partition coefficient (Wildman–Crippen LogP) is 3.29. The molecular formula is C21H21N5O. The summed E-state index contributed by atoms with van der Waals surface area (Å²) < 4.78 is 6.18. The number of aromatic nitrogens is 4. The number of likely N-dealkylation sites (tertiary alicyclic amines) is 1. The van der Waals surface area contributed by atoms with Gasteiger partial charge in [0.2, 0.25) is 5.82 Å². The molecule has 0 atom stereocenters. The molecule has 0 saturated carbocycles. The third-order valence-corrected chi connectivity index (χ3v) is 5.47. The van der Waals surface area contributed by atoms with Gasteiger partial charge in [0, 0.05) is 24.2 Å². The molecule has 27 heavy (non-hydrogen) atoms. The molecule has 3 heterocycles. The topological polar surface area (TPSA) is 66.9 Å². The lowest BCUT2D eigenvalue weighted by molar-refractivity contribution is 0.307. The summed E-state index contributed by atoms with van der Waals surface area (Å²) in [4.78, 5) is 2.39. The van der Waals surface area contributed by atoms with Crippen LogP contribution in [0.3, 0.4) is 0 Å². The van der Waals surface area contributed by atoms with Crippen molar-refractivity contribution < 1.29 is 4.74 Å². The van der Waals surface area contributed by atoms with E-state index in [-0.39, 0.29) is 0 Å². The zero-order valence-corrected chi connectivity index (χ0v) is 15.3. The number of piperidine rings is 1. The Balaban J connectivity index is 1.73. The molecule has 0 unspecified atom stereocenters. The highest BCUT2D eigenvalue weighted by Crippen LogP contribution is 2.42. The summed E-state index contributed by atoms with van der Waals surface area (Å²) in [7, 11) is 2.19. The number of aromatic amines is 1. The van der Waals surface area contributed by atoms with Gasteiger partial charge in [0.1, 0.15) is 12.4 Å². The quantitative estimate of drug-likeness (QED) is 0.722. The van der Waals surface area contributed by atoms with Crippen LogP contribution in [0.25, 0.3) is 17.0 Å². The van der Waals surface area contributed by atoms with E-state index in [2.05, 4.69) is 62.9 Å². The van der Waals surface area contributed by atoms with E-state index in [1.54, 1.807) is 0 Å². The van der Waals surface area contributed by atoms with Gasteiger partial charge in [0.15, 0.2) is 0 Å². The third kappa shape index (κ3) is 2.92. The molecule has 1 fully saturated rings. The number of nitrogens with one attached hydrogen (secondary N) is 1. The maximum atomic E-state index is 6.18. The largest absolute Gasteiger partial charge is 0.488 e. The smallest absolute Gasteiger partial charge is 0.204 e. The molecule has 0 spiro atoms. The van der Waals surface area contributed by atoms with Crippen molar-refractivity contribution in [2.75, 3.05) is 20.1 Å². The Morgan fingerprint density at radius 1 is 1.04 bits per heavy atom. The van der Waals surface area contributed by atoms with Crippen LogP contribution in [-0.2, 0) is 6.61 Å². The monoisotopic (exact) mass is 359 g/mol. The molecule has 0 amide bonds. The Hall–Kier alpha value is -2.99. The maximum absolute atomic E-state index is 6.18. The minimum absolute atomic E-state index is 0.585. The Morgan fingerprint density at radius 2 is 1.89 bits per heavy atom. The van der Waals surface area contributed by atoms with Gasteiger partial charge in [-0.2, -0.15) is 5.21 Å². The second-order valence-electron chi connectivity index (χ2n) is 7.17. The second-order valence-corrected chi connectivity index (χ2v) is 7.17. The van der Waals surface area contributed by atoms with Crippen LogP contribution in [-0.4, -0.2) is 45.7 Å². The third-order valence-electron chi connectivity index (χ3n) is 5.47. The molecule has 0 bridgehead atoms. The summed E-state index contributed by atoms with van der Waals surface area (Å²) in [5.74, 6) is 1.52. The number of nitrogens with zero attached hydrogens (tertiary/aromatic N) is 4. The summed E-state index contributed by atoms with van der Waals surface area (Å²) in [6.07, 6.45) is 2.15. The molecule has 2 aliphatic heterocycles. The van der Waals surface area contributed by atoms with Crippen molar-refractivity contribution >= 4 is 5.57 Å². The van der Waals surface area contributed by atoms with Gasteiger partial charge in [-0.25, -0.2) is 0 Å². The van der Waals surface area contributed by atoms with E-state index in [0.717, 1.165) is 42.8 Å². The van der Waals surface area contributed by atoms with Crippen LogP contribution in [0.2, 0.25) is 0 Å². The number of tetrazole rings is 1. The number of H-pyrrole nitrogens is 1. The van der Waals surface area contributed by atoms with E-state index in [1.807, 2.05) is 12.1 Å². The highest BCUT2D eigenvalue weighted by Gasteiger charge is 2.24. The van der Waals surface area contributed by atoms with Crippen LogP contribution in [0.4, 0.5) is 0 Å². The SMILES string of the molecule is CN1CCC(=C2c3ccccc3COc3ccc(-c4nn[nH]n4)cc32)CC1. The summed E-state index contributed by atoms with van der Waals surface area (Å²) in [6, 6.07) is 14.7. The first-order chi connectivity index (χ1) is 13.3. The average molecular weight is 359 g/mol. The lowest BCUT2D eigenvalue weighted by Crippen LogP contribution is -2.27. The summed E-state index contributed by atoms with van der Waals surface area (Å²) in [5, 5.41) is 14.5. The zero-order valence-electron chi connectivity index (χ0n) is 15.3. The van der Waals surface area contributed by atoms with E-state index in [1.165, 1.54) is 22.3 Å². The van der Waals surface area contributed by atoms with E-state index in [9.17, 15) is 0 Å². The summed E-state index contributed by atoms with van der Waals surface area (Å²) in [5.41, 5.74) is 7.39. The molecule has 1 N–H and O–H groups in total. The number of fused-ring (bicyclic) bond motifs is 2. The Labute approximate surface area is 157 Å². The van der Waals surface area contributed by atoms with Crippen LogP contribution in [0.15, 0.2) is 48.0 Å². The van der Waals surface area contributed by atoms with E-state index < -0.39 is 0 Å². The van der Waals surface area contributed by atoms with Crippen LogP contribution < -0.4 is 4.74 Å². The van der Waals surface area contributed by atoms with Gasteiger partial charge in [-0.15, -0.1) is 10.2 Å². The molecular weight excluding hydrogens is 338 g/mol. The molecule has 6 heteroatoms. The van der Waals surface area contributed by atoms with Gasteiger partial charge >= 0.3 is 0 Å². The lowest BCUT2D eigenvalue weighted by Gasteiger charge is -2.27. The molecule has 1 saturated heterocycles. The number of hydrogen-bond donors (Lipinski definition) is 1. The normalized spacial score (nSPS) is 17.1. The molecule has 5 rings (SSSR count). The second kappa shape index (κ2) is 6.63. The highest BCUT2D eigenvalue weighted by atomic mass is 16.5.